The fourth-order valence-electron chi connectivity index (χ4n) is 3.88. The third-order valence-corrected chi connectivity index (χ3v) is 5.41. The highest BCUT2D eigenvalue weighted by molar-refractivity contribution is 5.91. The molecule has 1 aliphatic rings. The van der Waals surface area contributed by atoms with Crippen LogP contribution in [0.2, 0.25) is 0 Å². The third kappa shape index (κ3) is 3.81. The second-order valence-electron chi connectivity index (χ2n) is 7.21. The van der Waals surface area contributed by atoms with Crippen molar-refractivity contribution in [3.63, 3.8) is 0 Å². The summed E-state index contributed by atoms with van der Waals surface area (Å²) in [5, 5.41) is 3.03. The number of anilines is 1. The lowest BCUT2D eigenvalue weighted by molar-refractivity contribution is 0.194. The van der Waals surface area contributed by atoms with Crippen molar-refractivity contribution in [2.75, 3.05) is 19.0 Å². The summed E-state index contributed by atoms with van der Waals surface area (Å²) in [6, 6.07) is 19.6. The van der Waals surface area contributed by atoms with E-state index in [4.69, 9.17) is 4.74 Å². The first-order chi connectivity index (χ1) is 14.1. The smallest absolute Gasteiger partial charge is 0.322 e. The number of benzene rings is 3. The normalized spacial score (nSPS) is 15.6. The molecule has 0 radical (unpaired) electrons. The van der Waals surface area contributed by atoms with Gasteiger partial charge in [0.2, 0.25) is 0 Å². The van der Waals surface area contributed by atoms with Crippen LogP contribution in [0.4, 0.5) is 14.9 Å². The van der Waals surface area contributed by atoms with Crippen molar-refractivity contribution in [2.45, 2.75) is 19.4 Å². The molecular formula is C24H23FN2O2. The summed E-state index contributed by atoms with van der Waals surface area (Å²) in [7, 11) is 1.62. The molecule has 29 heavy (non-hydrogen) atoms. The minimum atomic E-state index is -0.289. The average molecular weight is 390 g/mol. The van der Waals surface area contributed by atoms with Crippen molar-refractivity contribution in [2.24, 2.45) is 0 Å². The average Bonchev–Trinajstić information content (AvgIpc) is 2.75. The number of rotatable bonds is 3. The predicted molar refractivity (Wildman–Crippen MR) is 112 cm³/mol. The van der Waals surface area contributed by atoms with Crippen molar-refractivity contribution < 1.29 is 13.9 Å². The van der Waals surface area contributed by atoms with Crippen LogP contribution in [0.5, 0.6) is 5.75 Å². The second-order valence-corrected chi connectivity index (χ2v) is 7.21. The van der Waals surface area contributed by atoms with E-state index < -0.39 is 0 Å². The number of nitrogens with zero attached hydrogens (tertiary/aromatic N) is 1. The maximum Gasteiger partial charge on any atom is 0.322 e. The molecule has 1 aliphatic heterocycles. The van der Waals surface area contributed by atoms with Gasteiger partial charge in [-0.25, -0.2) is 9.18 Å². The zero-order chi connectivity index (χ0) is 20.4. The number of nitrogens with one attached hydrogen (secondary N) is 1. The quantitative estimate of drug-likeness (QED) is 0.657. The van der Waals surface area contributed by atoms with Gasteiger partial charge < -0.3 is 15.0 Å². The van der Waals surface area contributed by atoms with Crippen molar-refractivity contribution in [3.8, 4) is 5.75 Å². The van der Waals surface area contributed by atoms with Gasteiger partial charge in [0.25, 0.3) is 0 Å². The first-order valence-electron chi connectivity index (χ1n) is 9.62. The van der Waals surface area contributed by atoms with Gasteiger partial charge in [-0.3, -0.25) is 0 Å². The molecule has 0 aliphatic carbocycles. The molecule has 0 bridgehead atoms. The molecule has 148 valence electrons. The number of urea groups is 1. The minimum absolute atomic E-state index is 0.179. The maximum atomic E-state index is 13.5. The molecule has 1 N–H and O–H groups in total. The van der Waals surface area contributed by atoms with Crippen molar-refractivity contribution in [3.05, 3.63) is 94.8 Å². The van der Waals surface area contributed by atoms with E-state index in [2.05, 4.69) is 11.4 Å². The van der Waals surface area contributed by atoms with Gasteiger partial charge in [-0.1, -0.05) is 36.4 Å². The molecule has 4 rings (SSSR count). The summed E-state index contributed by atoms with van der Waals surface area (Å²) in [4.78, 5) is 15.1. The molecule has 3 aromatic rings. The number of hydrogen-bond acceptors (Lipinski definition) is 2. The largest absolute Gasteiger partial charge is 0.497 e. The minimum Gasteiger partial charge on any atom is -0.497 e. The van der Waals surface area contributed by atoms with Crippen LogP contribution in [0.15, 0.2) is 66.7 Å². The zero-order valence-electron chi connectivity index (χ0n) is 16.5. The van der Waals surface area contributed by atoms with Crippen LogP contribution in [0.1, 0.15) is 28.3 Å². The second kappa shape index (κ2) is 7.95. The van der Waals surface area contributed by atoms with Crippen LogP contribution in [0.25, 0.3) is 0 Å². The molecule has 0 fully saturated rings. The third-order valence-electron chi connectivity index (χ3n) is 5.41. The van der Waals surface area contributed by atoms with Gasteiger partial charge >= 0.3 is 6.03 Å². The summed E-state index contributed by atoms with van der Waals surface area (Å²) in [6.07, 6.45) is 0.781. The lowest BCUT2D eigenvalue weighted by Crippen LogP contribution is -2.43. The molecule has 0 saturated carbocycles. The lowest BCUT2D eigenvalue weighted by Gasteiger charge is -2.37. The number of aryl methyl sites for hydroxylation is 1. The van der Waals surface area contributed by atoms with Gasteiger partial charge in [-0.05, 0) is 65.9 Å². The Hall–Kier alpha value is -3.34. The highest BCUT2D eigenvalue weighted by atomic mass is 19.1. The Bertz CT molecular complexity index is 1030. The molecule has 1 heterocycles. The van der Waals surface area contributed by atoms with Crippen LogP contribution >= 0.6 is 0 Å². The van der Waals surface area contributed by atoms with E-state index in [1.807, 2.05) is 48.2 Å². The topological polar surface area (TPSA) is 41.6 Å². The Morgan fingerprint density at radius 1 is 1.10 bits per heavy atom. The van der Waals surface area contributed by atoms with E-state index in [1.165, 1.54) is 17.7 Å². The summed E-state index contributed by atoms with van der Waals surface area (Å²) < 4.78 is 18.7. The first kappa shape index (κ1) is 19.0. The van der Waals surface area contributed by atoms with E-state index in [0.29, 0.717) is 6.54 Å². The Kier molecular flexibility index (Phi) is 5.21. The van der Waals surface area contributed by atoms with Crippen LogP contribution in [-0.2, 0) is 6.42 Å². The maximum absolute atomic E-state index is 13.5. The highest BCUT2D eigenvalue weighted by Gasteiger charge is 2.32. The molecule has 4 nitrogen and oxygen atoms in total. The van der Waals surface area contributed by atoms with Crippen molar-refractivity contribution in [1.29, 1.82) is 0 Å². The van der Waals surface area contributed by atoms with Gasteiger partial charge in [0, 0.05) is 12.2 Å². The van der Waals surface area contributed by atoms with Crippen molar-refractivity contribution in [1.82, 2.24) is 4.90 Å². The van der Waals surface area contributed by atoms with E-state index in [1.54, 1.807) is 19.2 Å². The molecule has 0 aromatic heterocycles. The molecular weight excluding hydrogens is 367 g/mol. The zero-order valence-corrected chi connectivity index (χ0v) is 16.5. The Balaban J connectivity index is 1.67. The first-order valence-corrected chi connectivity index (χ1v) is 9.62. The number of methoxy groups -OCH3 is 1. The van der Waals surface area contributed by atoms with Crippen LogP contribution in [0.3, 0.4) is 0 Å². The summed E-state index contributed by atoms with van der Waals surface area (Å²) >= 11 is 0. The molecule has 5 heteroatoms. The molecule has 0 unspecified atom stereocenters. The number of halogens is 1. The van der Waals surface area contributed by atoms with E-state index in [0.717, 1.165) is 34.5 Å². The van der Waals surface area contributed by atoms with Crippen LogP contribution in [-0.4, -0.2) is 24.6 Å². The fourth-order valence-corrected chi connectivity index (χ4v) is 3.88. The molecule has 0 spiro atoms. The van der Waals surface area contributed by atoms with Gasteiger partial charge in [0.1, 0.15) is 11.6 Å². The van der Waals surface area contributed by atoms with E-state index in [9.17, 15) is 9.18 Å². The van der Waals surface area contributed by atoms with Gasteiger partial charge in [-0.15, -0.1) is 0 Å². The lowest BCUT2D eigenvalue weighted by atomic mass is 9.88. The Morgan fingerprint density at radius 2 is 1.86 bits per heavy atom. The SMILES string of the molecule is COc1ccc(NC(=O)N2CCc3ccccc3[C@@H]2c2ccc(F)cc2)c(C)c1. The monoisotopic (exact) mass is 390 g/mol. The predicted octanol–water partition coefficient (Wildman–Crippen LogP) is 5.32. The van der Waals surface area contributed by atoms with E-state index >= 15 is 0 Å². The highest BCUT2D eigenvalue weighted by Crippen LogP contribution is 2.35. The van der Waals surface area contributed by atoms with Crippen molar-refractivity contribution >= 4 is 11.7 Å². The Labute approximate surface area is 169 Å². The van der Waals surface area contributed by atoms with E-state index in [-0.39, 0.29) is 17.9 Å². The van der Waals surface area contributed by atoms with Gasteiger partial charge in [0.15, 0.2) is 0 Å². The van der Waals surface area contributed by atoms with Gasteiger partial charge in [-0.2, -0.15) is 0 Å². The number of hydrogen-bond donors (Lipinski definition) is 1. The summed E-state index contributed by atoms with van der Waals surface area (Å²) in [5.41, 5.74) is 4.85. The number of carbonyl (C=O) groups is 1. The van der Waals surface area contributed by atoms with Gasteiger partial charge in [0.05, 0.1) is 13.2 Å². The fraction of sp³-hybridized carbons (Fsp3) is 0.208. The number of fused-ring (bicyclic) bond motifs is 1. The molecule has 0 saturated heterocycles. The van der Waals surface area contributed by atoms with Crippen LogP contribution in [0, 0.1) is 12.7 Å². The molecule has 3 aromatic carbocycles. The number of carbonyl (C=O) groups excluding carboxylic acids is 1. The summed E-state index contributed by atoms with van der Waals surface area (Å²) in [5.74, 6) is 0.458. The Morgan fingerprint density at radius 3 is 2.59 bits per heavy atom. The van der Waals surface area contributed by atoms with Crippen LogP contribution < -0.4 is 10.1 Å². The molecule has 1 atom stereocenters. The molecule has 2 amide bonds. The number of amides is 2. The number of ether oxygens (including phenoxy) is 1. The standard InChI is InChI=1S/C24H23FN2O2/c1-16-15-20(29-2)11-12-22(16)26-24(28)27-14-13-17-5-3-4-6-21(17)23(27)18-7-9-19(25)10-8-18/h3-12,15,23H,13-14H2,1-2H3,(H,26,28)/t23-/m0/s1. The summed E-state index contributed by atoms with van der Waals surface area (Å²) in [6.45, 7) is 2.52.